The van der Waals surface area contributed by atoms with Crippen molar-refractivity contribution >= 4 is 36.3 Å². The van der Waals surface area contributed by atoms with Crippen LogP contribution in [-0.2, 0) is 4.79 Å². The van der Waals surface area contributed by atoms with Gasteiger partial charge in [0.05, 0.1) is 13.2 Å². The standard InChI is InChI=1S/C49H68O4/c1-3-5-7-9-11-13-15-17-19-21-37-52-47-39-46(40-48(41-47)53-38-22-20-18-16-14-12-10-8-6-4-2)34-33-44-27-25-42(26-28-44)23-24-43-29-31-45(32-30-43)35-36-49(50)51/h23-36,39-41H,3-22,37-38H2,1-2H3,(H,50,51)/b24-23+,34-33+,36-35+. The number of hydrogen-bond donors (Lipinski definition) is 1. The monoisotopic (exact) mass is 721 g/mol. The zero-order valence-corrected chi connectivity index (χ0v) is 33.0. The van der Waals surface area contributed by atoms with E-state index in [1.165, 1.54) is 116 Å². The Morgan fingerprint density at radius 1 is 0.434 bits per heavy atom. The Hall–Kier alpha value is -4.05. The first kappa shape index (κ1) is 43.4. The van der Waals surface area contributed by atoms with Gasteiger partial charge in [0.2, 0.25) is 0 Å². The van der Waals surface area contributed by atoms with E-state index in [1.807, 2.05) is 24.3 Å². The molecule has 4 heteroatoms. The van der Waals surface area contributed by atoms with E-state index in [0.29, 0.717) is 0 Å². The molecule has 4 nitrogen and oxygen atoms in total. The van der Waals surface area contributed by atoms with Crippen LogP contribution >= 0.6 is 0 Å². The van der Waals surface area contributed by atoms with Gasteiger partial charge in [-0.1, -0.05) is 202 Å². The third kappa shape index (κ3) is 21.3. The lowest BCUT2D eigenvalue weighted by Gasteiger charge is -2.12. The molecule has 0 unspecified atom stereocenters. The fraction of sp³-hybridized carbons (Fsp3) is 0.490. The molecule has 0 aromatic heterocycles. The number of unbranched alkanes of at least 4 members (excludes halogenated alkanes) is 18. The van der Waals surface area contributed by atoms with Crippen LogP contribution in [0, 0.1) is 0 Å². The Bertz CT molecular complexity index is 1420. The minimum absolute atomic E-state index is 0.739. The zero-order chi connectivity index (χ0) is 37.6. The number of hydrogen-bond acceptors (Lipinski definition) is 3. The third-order valence-electron chi connectivity index (χ3n) is 9.66. The maximum Gasteiger partial charge on any atom is 0.328 e. The van der Waals surface area contributed by atoms with Crippen LogP contribution < -0.4 is 9.47 Å². The first-order chi connectivity index (χ1) is 26.1. The van der Waals surface area contributed by atoms with E-state index >= 15 is 0 Å². The van der Waals surface area contributed by atoms with Crippen LogP contribution in [-0.4, -0.2) is 24.3 Å². The molecule has 0 saturated heterocycles. The highest BCUT2D eigenvalue weighted by Gasteiger charge is 2.04. The van der Waals surface area contributed by atoms with Crippen LogP contribution in [0.2, 0.25) is 0 Å². The third-order valence-corrected chi connectivity index (χ3v) is 9.66. The van der Waals surface area contributed by atoms with E-state index < -0.39 is 5.97 Å². The molecule has 288 valence electrons. The summed E-state index contributed by atoms with van der Waals surface area (Å²) in [4.78, 5) is 10.8. The van der Waals surface area contributed by atoms with Crippen LogP contribution in [0.5, 0.6) is 11.5 Å². The van der Waals surface area contributed by atoms with Gasteiger partial charge in [-0.25, -0.2) is 4.79 Å². The number of carboxylic acids is 1. The Morgan fingerprint density at radius 3 is 1.08 bits per heavy atom. The van der Waals surface area contributed by atoms with E-state index in [1.54, 1.807) is 6.08 Å². The quantitative estimate of drug-likeness (QED) is 0.0423. The number of benzene rings is 3. The molecule has 3 rings (SSSR count). The van der Waals surface area contributed by atoms with Crippen LogP contribution in [0.1, 0.15) is 170 Å². The van der Waals surface area contributed by atoms with Crippen molar-refractivity contribution in [2.45, 2.75) is 142 Å². The molecule has 0 spiro atoms. The molecule has 0 aliphatic heterocycles. The van der Waals surface area contributed by atoms with Crippen LogP contribution in [0.4, 0.5) is 0 Å². The van der Waals surface area contributed by atoms with Gasteiger partial charge in [-0.05, 0) is 58.9 Å². The van der Waals surface area contributed by atoms with Crippen molar-refractivity contribution in [2.24, 2.45) is 0 Å². The van der Waals surface area contributed by atoms with Crippen LogP contribution in [0.25, 0.3) is 30.4 Å². The molecule has 0 atom stereocenters. The van der Waals surface area contributed by atoms with Gasteiger partial charge < -0.3 is 14.6 Å². The topological polar surface area (TPSA) is 55.8 Å². The molecule has 0 radical (unpaired) electrons. The van der Waals surface area contributed by atoms with Gasteiger partial charge in [0.1, 0.15) is 11.5 Å². The average Bonchev–Trinajstić information content (AvgIpc) is 3.17. The number of carboxylic acid groups (broad SMARTS) is 1. The number of carbonyl (C=O) groups is 1. The minimum Gasteiger partial charge on any atom is -0.493 e. The molecule has 0 saturated carbocycles. The maximum absolute atomic E-state index is 10.8. The summed E-state index contributed by atoms with van der Waals surface area (Å²) in [7, 11) is 0. The van der Waals surface area contributed by atoms with Gasteiger partial charge in [-0.2, -0.15) is 0 Å². The van der Waals surface area contributed by atoms with E-state index in [9.17, 15) is 4.79 Å². The first-order valence-corrected chi connectivity index (χ1v) is 20.9. The Morgan fingerprint density at radius 2 is 0.736 bits per heavy atom. The lowest BCUT2D eigenvalue weighted by Crippen LogP contribution is -2.00. The van der Waals surface area contributed by atoms with Gasteiger partial charge in [0.25, 0.3) is 0 Å². The summed E-state index contributed by atoms with van der Waals surface area (Å²) in [6, 6.07) is 22.6. The second-order valence-corrected chi connectivity index (χ2v) is 14.5. The second kappa shape index (κ2) is 28.5. The van der Waals surface area contributed by atoms with Crippen molar-refractivity contribution in [2.75, 3.05) is 13.2 Å². The number of rotatable bonds is 30. The molecular formula is C49H68O4. The van der Waals surface area contributed by atoms with E-state index in [4.69, 9.17) is 14.6 Å². The Balaban J connectivity index is 1.51. The Kier molecular flexibility index (Phi) is 23.3. The molecule has 3 aromatic carbocycles. The smallest absolute Gasteiger partial charge is 0.328 e. The van der Waals surface area contributed by atoms with Crippen molar-refractivity contribution in [1.29, 1.82) is 0 Å². The molecule has 0 amide bonds. The molecule has 0 bridgehead atoms. The summed E-state index contributed by atoms with van der Waals surface area (Å²) in [6.45, 7) is 6.03. The van der Waals surface area contributed by atoms with E-state index in [0.717, 1.165) is 71.4 Å². The number of ether oxygens (including phenoxy) is 2. The van der Waals surface area contributed by atoms with Crippen LogP contribution in [0.3, 0.4) is 0 Å². The lowest BCUT2D eigenvalue weighted by molar-refractivity contribution is -0.131. The fourth-order valence-corrected chi connectivity index (χ4v) is 6.40. The predicted molar refractivity (Wildman–Crippen MR) is 229 cm³/mol. The molecule has 1 N–H and O–H groups in total. The SMILES string of the molecule is CCCCCCCCCCCCOc1cc(/C=C/c2ccc(/C=C/c3ccc(/C=C/C(=O)O)cc3)cc2)cc(OCCCCCCCCCCCC)c1. The molecule has 3 aromatic rings. The summed E-state index contributed by atoms with van der Waals surface area (Å²) < 4.78 is 12.6. The molecule has 0 aliphatic rings. The lowest BCUT2D eigenvalue weighted by atomic mass is 10.1. The minimum atomic E-state index is -0.946. The molecule has 0 heterocycles. The summed E-state index contributed by atoms with van der Waals surface area (Å²) >= 11 is 0. The fourth-order valence-electron chi connectivity index (χ4n) is 6.40. The van der Waals surface area contributed by atoms with Gasteiger partial charge >= 0.3 is 5.97 Å². The second-order valence-electron chi connectivity index (χ2n) is 14.5. The van der Waals surface area contributed by atoms with Gasteiger partial charge in [-0.3, -0.25) is 0 Å². The first-order valence-electron chi connectivity index (χ1n) is 20.9. The summed E-state index contributed by atoms with van der Waals surface area (Å²) in [5, 5.41) is 8.82. The zero-order valence-electron chi connectivity index (χ0n) is 33.0. The summed E-state index contributed by atoms with van der Waals surface area (Å²) in [5.41, 5.74) is 5.24. The number of aliphatic carboxylic acids is 1. The van der Waals surface area contributed by atoms with E-state index in [-0.39, 0.29) is 0 Å². The maximum atomic E-state index is 10.8. The van der Waals surface area contributed by atoms with Crippen LogP contribution in [0.15, 0.2) is 72.8 Å². The highest BCUT2D eigenvalue weighted by molar-refractivity contribution is 5.85. The normalized spacial score (nSPS) is 11.7. The highest BCUT2D eigenvalue weighted by atomic mass is 16.5. The van der Waals surface area contributed by atoms with Crippen molar-refractivity contribution in [1.82, 2.24) is 0 Å². The van der Waals surface area contributed by atoms with Gasteiger partial charge in [0, 0.05) is 12.1 Å². The van der Waals surface area contributed by atoms with Crippen molar-refractivity contribution in [3.05, 3.63) is 101 Å². The average molecular weight is 721 g/mol. The Labute approximate surface area is 322 Å². The predicted octanol–water partition coefficient (Wildman–Crippen LogP) is 14.7. The highest BCUT2D eigenvalue weighted by Crippen LogP contribution is 2.26. The van der Waals surface area contributed by atoms with Gasteiger partial charge in [-0.15, -0.1) is 0 Å². The largest absolute Gasteiger partial charge is 0.493 e. The molecule has 53 heavy (non-hydrogen) atoms. The van der Waals surface area contributed by atoms with Crippen molar-refractivity contribution in [3.63, 3.8) is 0 Å². The van der Waals surface area contributed by atoms with E-state index in [2.05, 4.69) is 80.6 Å². The van der Waals surface area contributed by atoms with Crippen molar-refractivity contribution < 1.29 is 19.4 Å². The summed E-state index contributed by atoms with van der Waals surface area (Å²) in [5.74, 6) is 0.818. The van der Waals surface area contributed by atoms with Crippen molar-refractivity contribution in [3.8, 4) is 11.5 Å². The van der Waals surface area contributed by atoms with Gasteiger partial charge in [0.15, 0.2) is 0 Å². The molecule has 0 aliphatic carbocycles. The summed E-state index contributed by atoms with van der Waals surface area (Å²) in [6.07, 6.45) is 37.5. The molecule has 0 fully saturated rings. The molecular weight excluding hydrogens is 653 g/mol.